The Kier molecular flexibility index (Phi) is 5.87. The van der Waals surface area contributed by atoms with Crippen molar-refractivity contribution in [2.24, 2.45) is 0 Å². The lowest BCUT2D eigenvalue weighted by Gasteiger charge is -2.36. The first-order chi connectivity index (χ1) is 9.06. The molecule has 1 aromatic rings. The molecule has 0 unspecified atom stereocenters. The second-order valence-electron chi connectivity index (χ2n) is 6.78. The Morgan fingerprint density at radius 1 is 1.10 bits per heavy atom. The molecule has 0 N–H and O–H groups in total. The van der Waals surface area contributed by atoms with Crippen LogP contribution in [0.3, 0.4) is 0 Å². The van der Waals surface area contributed by atoms with Crippen LogP contribution >= 0.6 is 15.9 Å². The van der Waals surface area contributed by atoms with Crippen LogP contribution in [0.2, 0.25) is 18.1 Å². The summed E-state index contributed by atoms with van der Waals surface area (Å²) in [6.07, 6.45) is 0. The lowest BCUT2D eigenvalue weighted by Crippen LogP contribution is -2.41. The zero-order chi connectivity index (χ0) is 15.6. The topological polar surface area (TPSA) is 18.5 Å². The minimum Gasteiger partial charge on any atom is -0.491 e. The molecule has 1 rings (SSSR count). The van der Waals surface area contributed by atoms with Crippen LogP contribution in [0.5, 0.6) is 5.75 Å². The third-order valence-electron chi connectivity index (χ3n) is 4.14. The summed E-state index contributed by atoms with van der Waals surface area (Å²) in [6.45, 7) is 16.7. The quantitative estimate of drug-likeness (QED) is 0.513. The average molecular weight is 359 g/mol. The van der Waals surface area contributed by atoms with E-state index in [1.165, 1.54) is 0 Å². The van der Waals surface area contributed by atoms with E-state index in [2.05, 4.69) is 75.8 Å². The van der Waals surface area contributed by atoms with Crippen LogP contribution in [0, 0.1) is 13.8 Å². The van der Waals surface area contributed by atoms with Gasteiger partial charge in [0.1, 0.15) is 12.4 Å². The molecule has 0 saturated heterocycles. The maximum atomic E-state index is 6.13. The van der Waals surface area contributed by atoms with Gasteiger partial charge < -0.3 is 9.16 Å². The fourth-order valence-corrected chi connectivity index (χ4v) is 3.02. The van der Waals surface area contributed by atoms with Gasteiger partial charge in [-0.15, -0.1) is 0 Å². The Hall–Kier alpha value is -0.323. The van der Waals surface area contributed by atoms with Crippen molar-refractivity contribution in [3.8, 4) is 5.75 Å². The molecule has 0 aliphatic heterocycles. The van der Waals surface area contributed by atoms with Gasteiger partial charge >= 0.3 is 0 Å². The predicted molar refractivity (Wildman–Crippen MR) is 92.3 cm³/mol. The Labute approximate surface area is 133 Å². The van der Waals surface area contributed by atoms with Crippen LogP contribution in [0.1, 0.15) is 31.9 Å². The normalized spacial score (nSPS) is 12.6. The smallest absolute Gasteiger partial charge is 0.192 e. The van der Waals surface area contributed by atoms with E-state index in [0.717, 1.165) is 21.3 Å². The molecule has 4 heteroatoms. The minimum atomic E-state index is -1.67. The lowest BCUT2D eigenvalue weighted by atomic mass is 10.1. The van der Waals surface area contributed by atoms with Gasteiger partial charge in [-0.25, -0.2) is 0 Å². The first kappa shape index (κ1) is 17.7. The second-order valence-corrected chi connectivity index (χ2v) is 12.4. The third-order valence-corrected chi connectivity index (χ3v) is 9.53. The number of rotatable bonds is 5. The maximum Gasteiger partial charge on any atom is 0.192 e. The van der Waals surface area contributed by atoms with Gasteiger partial charge in [0, 0.05) is 10.0 Å². The van der Waals surface area contributed by atoms with Crippen molar-refractivity contribution in [3.05, 3.63) is 27.7 Å². The van der Waals surface area contributed by atoms with Crippen molar-refractivity contribution in [3.63, 3.8) is 0 Å². The molecule has 114 valence electrons. The monoisotopic (exact) mass is 358 g/mol. The molecule has 0 atom stereocenters. The van der Waals surface area contributed by atoms with Crippen LogP contribution in [-0.4, -0.2) is 21.5 Å². The van der Waals surface area contributed by atoms with E-state index in [0.29, 0.717) is 13.2 Å². The highest BCUT2D eigenvalue weighted by Crippen LogP contribution is 2.36. The van der Waals surface area contributed by atoms with Crippen LogP contribution in [-0.2, 0) is 4.43 Å². The van der Waals surface area contributed by atoms with Gasteiger partial charge in [-0.3, -0.25) is 0 Å². The SMILES string of the molecule is Cc1ccc(Br)c(C)c1OCCO[Si](C)(C)C(C)(C)C. The fraction of sp³-hybridized carbons (Fsp3) is 0.625. The largest absolute Gasteiger partial charge is 0.491 e. The average Bonchev–Trinajstić information content (AvgIpc) is 2.31. The predicted octanol–water partition coefficient (Wildman–Crippen LogP) is 5.47. The molecule has 0 radical (unpaired) electrons. The van der Waals surface area contributed by atoms with Crippen LogP contribution < -0.4 is 4.74 Å². The zero-order valence-corrected chi connectivity index (χ0v) is 16.3. The van der Waals surface area contributed by atoms with E-state index < -0.39 is 8.32 Å². The molecular weight excluding hydrogens is 332 g/mol. The van der Waals surface area contributed by atoms with Gasteiger partial charge in [0.15, 0.2) is 8.32 Å². The molecule has 0 heterocycles. The van der Waals surface area contributed by atoms with E-state index in [4.69, 9.17) is 9.16 Å². The molecule has 0 spiro atoms. The molecule has 0 aromatic heterocycles. The molecule has 0 aliphatic carbocycles. The van der Waals surface area contributed by atoms with Crippen molar-refractivity contribution in [1.29, 1.82) is 0 Å². The second kappa shape index (κ2) is 6.63. The summed E-state index contributed by atoms with van der Waals surface area (Å²) in [6, 6.07) is 4.13. The molecular formula is C16H27BrO2Si. The summed E-state index contributed by atoms with van der Waals surface area (Å²) >= 11 is 3.54. The van der Waals surface area contributed by atoms with Crippen LogP contribution in [0.25, 0.3) is 0 Å². The van der Waals surface area contributed by atoms with Crippen molar-refractivity contribution in [1.82, 2.24) is 0 Å². The summed E-state index contributed by atoms with van der Waals surface area (Å²) in [4.78, 5) is 0. The molecule has 0 bridgehead atoms. The molecule has 1 aromatic carbocycles. The number of aryl methyl sites for hydroxylation is 1. The number of ether oxygens (including phenoxy) is 1. The van der Waals surface area contributed by atoms with Gasteiger partial charge in [0.05, 0.1) is 6.61 Å². The van der Waals surface area contributed by atoms with E-state index in [1.807, 2.05) is 0 Å². The number of benzene rings is 1. The molecule has 0 fully saturated rings. The highest BCUT2D eigenvalue weighted by atomic mass is 79.9. The summed E-state index contributed by atoms with van der Waals surface area (Å²) in [5.41, 5.74) is 2.32. The Morgan fingerprint density at radius 2 is 1.70 bits per heavy atom. The third kappa shape index (κ3) is 4.33. The summed E-state index contributed by atoms with van der Waals surface area (Å²) in [7, 11) is -1.67. The standard InChI is InChI=1S/C16H27BrO2Si/c1-12-8-9-14(17)13(2)15(12)18-10-11-19-20(6,7)16(3,4)5/h8-9H,10-11H2,1-7H3. The number of hydrogen-bond donors (Lipinski definition) is 0. The lowest BCUT2D eigenvalue weighted by molar-refractivity contribution is 0.202. The first-order valence-corrected chi connectivity index (χ1v) is 10.8. The van der Waals surface area contributed by atoms with Crippen LogP contribution in [0.4, 0.5) is 0 Å². The van der Waals surface area contributed by atoms with Gasteiger partial charge in [-0.2, -0.15) is 0 Å². The highest BCUT2D eigenvalue weighted by molar-refractivity contribution is 9.10. The summed E-state index contributed by atoms with van der Waals surface area (Å²) in [5, 5.41) is 0.245. The minimum absolute atomic E-state index is 0.245. The van der Waals surface area contributed by atoms with Crippen molar-refractivity contribution in [2.45, 2.75) is 52.8 Å². The first-order valence-electron chi connectivity index (χ1n) is 7.09. The van der Waals surface area contributed by atoms with E-state index in [9.17, 15) is 0 Å². The molecule has 20 heavy (non-hydrogen) atoms. The van der Waals surface area contributed by atoms with E-state index >= 15 is 0 Å². The van der Waals surface area contributed by atoms with Gasteiger partial charge in [0.25, 0.3) is 0 Å². The molecule has 0 amide bonds. The van der Waals surface area contributed by atoms with Crippen molar-refractivity contribution < 1.29 is 9.16 Å². The Morgan fingerprint density at radius 3 is 2.25 bits per heavy atom. The molecule has 0 aliphatic rings. The van der Waals surface area contributed by atoms with Crippen LogP contribution in [0.15, 0.2) is 16.6 Å². The summed E-state index contributed by atoms with van der Waals surface area (Å²) < 4.78 is 13.1. The highest BCUT2D eigenvalue weighted by Gasteiger charge is 2.36. The van der Waals surface area contributed by atoms with E-state index in [-0.39, 0.29) is 5.04 Å². The molecule has 0 saturated carbocycles. The number of halogens is 1. The van der Waals surface area contributed by atoms with Gasteiger partial charge in [-0.05, 0) is 43.6 Å². The van der Waals surface area contributed by atoms with Gasteiger partial charge in [-0.1, -0.05) is 42.8 Å². The Balaban J connectivity index is 2.57. The van der Waals surface area contributed by atoms with Crippen molar-refractivity contribution in [2.75, 3.05) is 13.2 Å². The molecule has 2 nitrogen and oxygen atoms in total. The number of hydrogen-bond acceptors (Lipinski definition) is 2. The summed E-state index contributed by atoms with van der Waals surface area (Å²) in [5.74, 6) is 0.971. The van der Waals surface area contributed by atoms with E-state index in [1.54, 1.807) is 0 Å². The van der Waals surface area contributed by atoms with Crippen molar-refractivity contribution >= 4 is 24.2 Å². The maximum absolute atomic E-state index is 6.13. The van der Waals surface area contributed by atoms with Gasteiger partial charge in [0.2, 0.25) is 0 Å². The zero-order valence-electron chi connectivity index (χ0n) is 13.8. The fourth-order valence-electron chi connectivity index (χ4n) is 1.68. The Bertz CT molecular complexity index is 464.